The SMILES string of the molecule is CSCCC(C)N(C)C(=O)C(C#N)c1ccccc1. The first-order valence-corrected chi connectivity index (χ1v) is 7.71. The second-order valence-corrected chi connectivity index (χ2v) is 5.54. The summed E-state index contributed by atoms with van der Waals surface area (Å²) >= 11 is 1.77. The molecule has 0 fully saturated rings. The molecule has 3 nitrogen and oxygen atoms in total. The van der Waals surface area contributed by atoms with Gasteiger partial charge in [-0.3, -0.25) is 4.79 Å². The number of benzene rings is 1. The molecule has 1 aromatic carbocycles. The third kappa shape index (κ3) is 4.29. The van der Waals surface area contributed by atoms with Crippen LogP contribution in [0.1, 0.15) is 24.8 Å². The Bertz CT molecular complexity index is 441. The molecule has 102 valence electrons. The van der Waals surface area contributed by atoms with Crippen LogP contribution in [-0.2, 0) is 4.79 Å². The highest BCUT2D eigenvalue weighted by Gasteiger charge is 2.25. The number of nitriles is 1. The minimum atomic E-state index is -0.706. The zero-order chi connectivity index (χ0) is 14.3. The van der Waals surface area contributed by atoms with E-state index in [2.05, 4.69) is 12.3 Å². The van der Waals surface area contributed by atoms with Crippen LogP contribution in [0.4, 0.5) is 0 Å². The molecule has 1 rings (SSSR count). The molecule has 2 atom stereocenters. The van der Waals surface area contributed by atoms with Crippen molar-refractivity contribution >= 4 is 17.7 Å². The standard InChI is InChI=1S/C15H20N2OS/c1-12(9-10-19-3)17(2)15(18)14(11-16)13-7-5-4-6-8-13/h4-8,12,14H,9-10H2,1-3H3. The van der Waals surface area contributed by atoms with Gasteiger partial charge in [0.1, 0.15) is 5.92 Å². The van der Waals surface area contributed by atoms with E-state index in [1.54, 1.807) is 23.7 Å². The fourth-order valence-electron chi connectivity index (χ4n) is 1.82. The maximum absolute atomic E-state index is 12.4. The summed E-state index contributed by atoms with van der Waals surface area (Å²) in [5, 5.41) is 9.26. The summed E-state index contributed by atoms with van der Waals surface area (Å²) in [5.41, 5.74) is 0.763. The first kappa shape index (κ1) is 15.6. The minimum Gasteiger partial charge on any atom is -0.342 e. The minimum absolute atomic E-state index is 0.123. The summed E-state index contributed by atoms with van der Waals surface area (Å²) < 4.78 is 0. The highest BCUT2D eigenvalue weighted by atomic mass is 32.2. The Balaban J connectivity index is 2.77. The van der Waals surface area contributed by atoms with Crippen LogP contribution in [0.3, 0.4) is 0 Å². The molecule has 0 heterocycles. The zero-order valence-electron chi connectivity index (χ0n) is 11.7. The van der Waals surface area contributed by atoms with Crippen molar-refractivity contribution in [1.29, 1.82) is 5.26 Å². The molecule has 0 aliphatic carbocycles. The second kappa shape index (κ2) is 7.85. The van der Waals surface area contributed by atoms with Gasteiger partial charge in [-0.15, -0.1) is 0 Å². The maximum atomic E-state index is 12.4. The summed E-state index contributed by atoms with van der Waals surface area (Å²) in [4.78, 5) is 14.1. The van der Waals surface area contributed by atoms with Crippen molar-refractivity contribution in [3.05, 3.63) is 35.9 Å². The smallest absolute Gasteiger partial charge is 0.244 e. The van der Waals surface area contributed by atoms with Crippen LogP contribution in [0.2, 0.25) is 0 Å². The molecule has 19 heavy (non-hydrogen) atoms. The van der Waals surface area contributed by atoms with Crippen LogP contribution in [0.5, 0.6) is 0 Å². The summed E-state index contributed by atoms with van der Waals surface area (Å²) in [5.74, 6) is 0.187. The number of nitrogens with zero attached hydrogens (tertiary/aromatic N) is 2. The maximum Gasteiger partial charge on any atom is 0.244 e. The van der Waals surface area contributed by atoms with E-state index < -0.39 is 5.92 Å². The Labute approximate surface area is 119 Å². The molecule has 0 aliphatic rings. The van der Waals surface area contributed by atoms with Gasteiger partial charge >= 0.3 is 0 Å². The highest BCUT2D eigenvalue weighted by molar-refractivity contribution is 7.98. The molecule has 0 N–H and O–H groups in total. The molecule has 0 saturated heterocycles. The summed E-state index contributed by atoms with van der Waals surface area (Å²) in [6, 6.07) is 11.5. The van der Waals surface area contributed by atoms with E-state index in [0.29, 0.717) is 0 Å². The Hall–Kier alpha value is -1.47. The van der Waals surface area contributed by atoms with Gasteiger partial charge in [-0.1, -0.05) is 30.3 Å². The lowest BCUT2D eigenvalue weighted by Gasteiger charge is -2.26. The number of hydrogen-bond donors (Lipinski definition) is 0. The van der Waals surface area contributed by atoms with E-state index in [9.17, 15) is 10.1 Å². The lowest BCUT2D eigenvalue weighted by atomic mass is 9.98. The summed E-state index contributed by atoms with van der Waals surface area (Å²) in [7, 11) is 1.78. The fourth-order valence-corrected chi connectivity index (χ4v) is 2.40. The van der Waals surface area contributed by atoms with E-state index in [0.717, 1.165) is 17.7 Å². The van der Waals surface area contributed by atoms with Crippen molar-refractivity contribution in [2.75, 3.05) is 19.1 Å². The van der Waals surface area contributed by atoms with Crippen LogP contribution in [0, 0.1) is 11.3 Å². The predicted molar refractivity (Wildman–Crippen MR) is 80.0 cm³/mol. The number of thioether (sulfide) groups is 1. The van der Waals surface area contributed by atoms with E-state index in [1.807, 2.05) is 37.3 Å². The van der Waals surface area contributed by atoms with E-state index in [-0.39, 0.29) is 11.9 Å². The van der Waals surface area contributed by atoms with Gasteiger partial charge in [-0.2, -0.15) is 17.0 Å². The van der Waals surface area contributed by atoms with Gasteiger partial charge in [-0.25, -0.2) is 0 Å². The largest absolute Gasteiger partial charge is 0.342 e. The lowest BCUT2D eigenvalue weighted by Crippen LogP contribution is -2.38. The second-order valence-electron chi connectivity index (χ2n) is 4.55. The zero-order valence-corrected chi connectivity index (χ0v) is 12.5. The van der Waals surface area contributed by atoms with Crippen LogP contribution >= 0.6 is 11.8 Å². The van der Waals surface area contributed by atoms with Crippen molar-refractivity contribution in [3.63, 3.8) is 0 Å². The molecule has 0 aliphatic heterocycles. The number of carbonyl (C=O) groups excluding carboxylic acids is 1. The normalized spacial score (nSPS) is 13.4. The number of carbonyl (C=O) groups is 1. The van der Waals surface area contributed by atoms with Crippen molar-refractivity contribution < 1.29 is 4.79 Å². The van der Waals surface area contributed by atoms with Gasteiger partial charge in [0.05, 0.1) is 6.07 Å². The molecule has 0 radical (unpaired) electrons. The predicted octanol–water partition coefficient (Wildman–Crippen LogP) is 2.89. The monoisotopic (exact) mass is 276 g/mol. The molecular weight excluding hydrogens is 256 g/mol. The molecular formula is C15H20N2OS. The van der Waals surface area contributed by atoms with Crippen molar-refractivity contribution in [2.45, 2.75) is 25.3 Å². The summed E-state index contributed by atoms with van der Waals surface area (Å²) in [6.07, 6.45) is 2.99. The third-order valence-corrected chi connectivity index (χ3v) is 3.90. The number of rotatable bonds is 6. The van der Waals surface area contributed by atoms with E-state index in [1.165, 1.54) is 0 Å². The van der Waals surface area contributed by atoms with E-state index >= 15 is 0 Å². The molecule has 1 amide bonds. The molecule has 0 spiro atoms. The average Bonchev–Trinajstić information content (AvgIpc) is 2.45. The van der Waals surface area contributed by atoms with Crippen LogP contribution in [0.15, 0.2) is 30.3 Å². The molecule has 0 aromatic heterocycles. The van der Waals surface area contributed by atoms with Crippen molar-refractivity contribution in [3.8, 4) is 6.07 Å². The van der Waals surface area contributed by atoms with Crippen LogP contribution in [0.25, 0.3) is 0 Å². The first-order valence-electron chi connectivity index (χ1n) is 6.32. The highest BCUT2D eigenvalue weighted by Crippen LogP contribution is 2.19. The van der Waals surface area contributed by atoms with Gasteiger partial charge < -0.3 is 4.90 Å². The van der Waals surface area contributed by atoms with Gasteiger partial charge in [0.15, 0.2) is 0 Å². The topological polar surface area (TPSA) is 44.1 Å². The quantitative estimate of drug-likeness (QED) is 0.802. The Kier molecular flexibility index (Phi) is 6.44. The van der Waals surface area contributed by atoms with Gasteiger partial charge in [0.2, 0.25) is 5.91 Å². The molecule has 4 heteroatoms. The summed E-state index contributed by atoms with van der Waals surface area (Å²) in [6.45, 7) is 2.02. The van der Waals surface area contributed by atoms with Crippen molar-refractivity contribution in [2.24, 2.45) is 0 Å². The van der Waals surface area contributed by atoms with Gasteiger partial charge in [0.25, 0.3) is 0 Å². The van der Waals surface area contributed by atoms with Gasteiger partial charge in [-0.05, 0) is 30.9 Å². The molecule has 0 saturated carbocycles. The fraction of sp³-hybridized carbons (Fsp3) is 0.467. The number of likely N-dealkylation sites (N-methyl/N-ethyl adjacent to an activating group) is 1. The number of amides is 1. The van der Waals surface area contributed by atoms with Crippen LogP contribution < -0.4 is 0 Å². The molecule has 0 bridgehead atoms. The first-order chi connectivity index (χ1) is 9.11. The Morgan fingerprint density at radius 3 is 2.58 bits per heavy atom. The van der Waals surface area contributed by atoms with Crippen molar-refractivity contribution in [1.82, 2.24) is 4.90 Å². The molecule has 1 aromatic rings. The lowest BCUT2D eigenvalue weighted by molar-refractivity contribution is -0.132. The van der Waals surface area contributed by atoms with Gasteiger partial charge in [0, 0.05) is 13.1 Å². The van der Waals surface area contributed by atoms with Crippen LogP contribution in [-0.4, -0.2) is 35.9 Å². The Morgan fingerprint density at radius 1 is 1.42 bits per heavy atom. The Morgan fingerprint density at radius 2 is 2.05 bits per heavy atom. The van der Waals surface area contributed by atoms with E-state index in [4.69, 9.17) is 0 Å². The molecule has 2 unspecified atom stereocenters. The number of hydrogen-bond acceptors (Lipinski definition) is 3. The third-order valence-electron chi connectivity index (χ3n) is 3.26. The average molecular weight is 276 g/mol.